The molecule has 29 heavy (non-hydrogen) atoms. The van der Waals surface area contributed by atoms with Gasteiger partial charge < -0.3 is 0 Å². The molecule has 3 aliphatic carbocycles. The van der Waals surface area contributed by atoms with E-state index in [1.165, 1.54) is 44.5 Å². The molecule has 0 spiro atoms. The van der Waals surface area contributed by atoms with E-state index in [0.717, 1.165) is 6.42 Å². The number of hydrogen-bond acceptors (Lipinski definition) is 0. The minimum atomic E-state index is 0.129. The molecule has 0 saturated heterocycles. The Labute approximate surface area is 176 Å². The second-order valence-corrected chi connectivity index (χ2v) is 11.1. The van der Waals surface area contributed by atoms with Gasteiger partial charge in [0.2, 0.25) is 0 Å². The molecule has 0 radical (unpaired) electrons. The summed E-state index contributed by atoms with van der Waals surface area (Å²) in [6.07, 6.45) is 6.00. The Kier molecular flexibility index (Phi) is 3.75. The molecule has 0 bridgehead atoms. The Morgan fingerprint density at radius 1 is 0.621 bits per heavy atom. The van der Waals surface area contributed by atoms with Crippen molar-refractivity contribution in [3.8, 4) is 11.1 Å². The molecule has 0 fully saturated rings. The van der Waals surface area contributed by atoms with Crippen LogP contribution in [0.2, 0.25) is 0 Å². The molecular weight excluding hydrogens is 348 g/mol. The van der Waals surface area contributed by atoms with Crippen LogP contribution in [0.3, 0.4) is 0 Å². The van der Waals surface area contributed by atoms with E-state index < -0.39 is 0 Å². The van der Waals surface area contributed by atoms with E-state index in [0.29, 0.717) is 11.8 Å². The third-order valence-electron chi connectivity index (χ3n) is 7.88. The third kappa shape index (κ3) is 2.44. The van der Waals surface area contributed by atoms with Gasteiger partial charge in [0.15, 0.2) is 0 Å². The summed E-state index contributed by atoms with van der Waals surface area (Å²) in [5, 5.41) is 0. The molecule has 5 rings (SSSR count). The SMILES string of the molecule is CC(C)C1=Cc2cc3c(cc2C1(C)C)-c1cc2c(cc1C3)C=C(C(C)C)C2(C)C. The van der Waals surface area contributed by atoms with Gasteiger partial charge in [0.05, 0.1) is 0 Å². The first-order chi connectivity index (χ1) is 13.5. The van der Waals surface area contributed by atoms with Crippen LogP contribution in [0.15, 0.2) is 35.4 Å². The summed E-state index contributed by atoms with van der Waals surface area (Å²) >= 11 is 0. The molecular formula is C29H34. The first kappa shape index (κ1) is 18.9. The van der Waals surface area contributed by atoms with Gasteiger partial charge in [-0.3, -0.25) is 0 Å². The molecule has 0 heterocycles. The second kappa shape index (κ2) is 5.75. The van der Waals surface area contributed by atoms with Crippen molar-refractivity contribution in [1.82, 2.24) is 0 Å². The van der Waals surface area contributed by atoms with Crippen LogP contribution in [0, 0.1) is 11.8 Å². The Morgan fingerprint density at radius 2 is 1.00 bits per heavy atom. The minimum absolute atomic E-state index is 0.129. The molecule has 0 unspecified atom stereocenters. The molecule has 0 aromatic heterocycles. The standard InChI is InChI=1S/C29H34/c1-16(2)24-12-20-10-18-9-19-11-21-13-25(17(3)4)29(7,8)27(21)15-23(19)22(18)14-26(20)28(24,5)6/h10-17H,9H2,1-8H3. The highest BCUT2D eigenvalue weighted by molar-refractivity contribution is 5.85. The van der Waals surface area contributed by atoms with Gasteiger partial charge in [-0.05, 0) is 74.9 Å². The first-order valence-electron chi connectivity index (χ1n) is 11.3. The summed E-state index contributed by atoms with van der Waals surface area (Å²) in [5.41, 5.74) is 15.3. The van der Waals surface area contributed by atoms with Gasteiger partial charge in [0.1, 0.15) is 0 Å². The lowest BCUT2D eigenvalue weighted by Crippen LogP contribution is -2.20. The van der Waals surface area contributed by atoms with Gasteiger partial charge in [-0.15, -0.1) is 0 Å². The average molecular weight is 383 g/mol. The van der Waals surface area contributed by atoms with Crippen molar-refractivity contribution >= 4 is 12.2 Å². The highest BCUT2D eigenvalue weighted by Crippen LogP contribution is 2.51. The molecule has 0 nitrogen and oxygen atoms in total. The molecule has 0 N–H and O–H groups in total. The van der Waals surface area contributed by atoms with Gasteiger partial charge in [-0.1, -0.05) is 90.8 Å². The fourth-order valence-corrected chi connectivity index (χ4v) is 6.43. The van der Waals surface area contributed by atoms with Crippen LogP contribution >= 0.6 is 0 Å². The van der Waals surface area contributed by atoms with Crippen molar-refractivity contribution in [3.05, 3.63) is 68.8 Å². The lowest BCUT2D eigenvalue weighted by atomic mass is 9.75. The molecule has 0 atom stereocenters. The van der Waals surface area contributed by atoms with Crippen molar-refractivity contribution < 1.29 is 0 Å². The zero-order chi connectivity index (χ0) is 20.9. The van der Waals surface area contributed by atoms with Crippen LogP contribution in [0.1, 0.15) is 88.8 Å². The average Bonchev–Trinajstić information content (AvgIpc) is 3.19. The summed E-state index contributed by atoms with van der Waals surface area (Å²) in [4.78, 5) is 0. The highest BCUT2D eigenvalue weighted by Gasteiger charge is 2.38. The zero-order valence-electron chi connectivity index (χ0n) is 19.3. The molecule has 0 saturated carbocycles. The Bertz CT molecular complexity index is 1020. The number of rotatable bonds is 2. The Balaban J connectivity index is 1.65. The molecule has 3 aliphatic rings. The van der Waals surface area contributed by atoms with Crippen molar-refractivity contribution in [1.29, 1.82) is 0 Å². The van der Waals surface area contributed by atoms with Crippen LogP contribution in [-0.4, -0.2) is 0 Å². The summed E-state index contributed by atoms with van der Waals surface area (Å²) in [6.45, 7) is 18.9. The molecule has 150 valence electrons. The van der Waals surface area contributed by atoms with Crippen molar-refractivity contribution in [2.75, 3.05) is 0 Å². The van der Waals surface area contributed by atoms with Gasteiger partial charge in [-0.2, -0.15) is 0 Å². The maximum Gasteiger partial charge on any atom is 0.0117 e. The molecule has 2 aromatic carbocycles. The maximum atomic E-state index is 2.52. The van der Waals surface area contributed by atoms with E-state index in [1.807, 2.05) is 0 Å². The van der Waals surface area contributed by atoms with E-state index >= 15 is 0 Å². The van der Waals surface area contributed by atoms with Crippen molar-refractivity contribution in [2.45, 2.75) is 72.6 Å². The molecule has 0 amide bonds. The van der Waals surface area contributed by atoms with Crippen LogP contribution in [-0.2, 0) is 17.3 Å². The predicted octanol–water partition coefficient (Wildman–Crippen LogP) is 7.92. The molecule has 0 aliphatic heterocycles. The van der Waals surface area contributed by atoms with Crippen LogP contribution in [0.5, 0.6) is 0 Å². The number of hydrogen-bond donors (Lipinski definition) is 0. The topological polar surface area (TPSA) is 0 Å². The lowest BCUT2D eigenvalue weighted by molar-refractivity contribution is 0.556. The normalized spacial score (nSPS) is 19.8. The zero-order valence-corrected chi connectivity index (χ0v) is 19.3. The summed E-state index contributed by atoms with van der Waals surface area (Å²) in [7, 11) is 0. The number of allylic oxidation sites excluding steroid dienone is 2. The smallest absolute Gasteiger partial charge is 0.0117 e. The van der Waals surface area contributed by atoms with Crippen LogP contribution < -0.4 is 0 Å². The third-order valence-corrected chi connectivity index (χ3v) is 7.88. The Morgan fingerprint density at radius 3 is 1.34 bits per heavy atom. The highest BCUT2D eigenvalue weighted by atomic mass is 14.4. The minimum Gasteiger partial charge on any atom is -0.0590 e. The maximum absolute atomic E-state index is 2.52. The summed E-state index contributed by atoms with van der Waals surface area (Å²) < 4.78 is 0. The van der Waals surface area contributed by atoms with Gasteiger partial charge in [-0.25, -0.2) is 0 Å². The number of fused-ring (bicyclic) bond motifs is 5. The van der Waals surface area contributed by atoms with Gasteiger partial charge >= 0.3 is 0 Å². The lowest BCUT2D eigenvalue weighted by Gasteiger charge is -2.28. The van der Waals surface area contributed by atoms with E-state index in [-0.39, 0.29) is 10.8 Å². The van der Waals surface area contributed by atoms with E-state index in [4.69, 9.17) is 0 Å². The van der Waals surface area contributed by atoms with Gasteiger partial charge in [0, 0.05) is 10.8 Å². The summed E-state index contributed by atoms with van der Waals surface area (Å²) in [5.74, 6) is 1.17. The van der Waals surface area contributed by atoms with E-state index in [1.54, 1.807) is 11.1 Å². The summed E-state index contributed by atoms with van der Waals surface area (Å²) in [6, 6.07) is 10.0. The van der Waals surface area contributed by atoms with Gasteiger partial charge in [0.25, 0.3) is 0 Å². The molecule has 0 heteroatoms. The quantitative estimate of drug-likeness (QED) is 0.422. The van der Waals surface area contributed by atoms with E-state index in [2.05, 4.69) is 91.8 Å². The second-order valence-electron chi connectivity index (χ2n) is 11.1. The Hall–Kier alpha value is -2.08. The first-order valence-corrected chi connectivity index (χ1v) is 11.3. The van der Waals surface area contributed by atoms with Crippen LogP contribution in [0.25, 0.3) is 23.3 Å². The van der Waals surface area contributed by atoms with E-state index in [9.17, 15) is 0 Å². The van der Waals surface area contributed by atoms with Crippen LogP contribution in [0.4, 0.5) is 0 Å². The molecule has 2 aromatic rings. The van der Waals surface area contributed by atoms with Crippen molar-refractivity contribution in [2.24, 2.45) is 11.8 Å². The fourth-order valence-electron chi connectivity index (χ4n) is 6.43. The fraction of sp³-hybridized carbons (Fsp3) is 0.448. The number of benzene rings is 2. The largest absolute Gasteiger partial charge is 0.0590 e. The predicted molar refractivity (Wildman–Crippen MR) is 126 cm³/mol. The monoisotopic (exact) mass is 382 g/mol. The van der Waals surface area contributed by atoms with Crippen molar-refractivity contribution in [3.63, 3.8) is 0 Å².